The summed E-state index contributed by atoms with van der Waals surface area (Å²) in [6.07, 6.45) is 2.03. The van der Waals surface area contributed by atoms with Gasteiger partial charge in [0.25, 0.3) is 0 Å². The molecule has 0 spiro atoms. The number of rotatable bonds is 6. The number of carbonyl (C=O) groups excluding carboxylic acids is 2. The summed E-state index contributed by atoms with van der Waals surface area (Å²) in [6.45, 7) is 15.0. The first-order chi connectivity index (χ1) is 9.54. The molecule has 0 aromatic heterocycles. The lowest BCUT2D eigenvalue weighted by Gasteiger charge is -2.34. The van der Waals surface area contributed by atoms with Gasteiger partial charge in [-0.2, -0.15) is 0 Å². The van der Waals surface area contributed by atoms with Crippen LogP contribution < -0.4 is 0 Å². The highest BCUT2D eigenvalue weighted by molar-refractivity contribution is 6.80. The maximum atomic E-state index is 12.8. The number of hydrogen-bond donors (Lipinski definition) is 0. The Kier molecular flexibility index (Phi) is 6.20. The van der Waals surface area contributed by atoms with Crippen molar-refractivity contribution in [2.24, 2.45) is 17.8 Å². The van der Waals surface area contributed by atoms with Crippen LogP contribution in [0.15, 0.2) is 0 Å². The molecule has 0 bridgehead atoms. The Morgan fingerprint density at radius 2 is 1.67 bits per heavy atom. The SMILES string of the molecule is CC(C)C(OC(=O)C([C@@H]1CCC(=O)C1)[Si](C)(C)C)C(C)C. The second-order valence-corrected chi connectivity index (χ2v) is 13.6. The molecule has 0 aliphatic heterocycles. The zero-order chi connectivity index (χ0) is 16.4. The number of esters is 1. The number of Topliss-reactive ketones (excluding diaryl/α,β-unsaturated/α-hetero) is 1. The van der Waals surface area contributed by atoms with Gasteiger partial charge in [-0.25, -0.2) is 0 Å². The molecule has 1 saturated carbocycles. The third-order valence-electron chi connectivity index (χ3n) is 4.51. The van der Waals surface area contributed by atoms with Crippen LogP contribution in [0.5, 0.6) is 0 Å². The minimum Gasteiger partial charge on any atom is -0.462 e. The summed E-state index contributed by atoms with van der Waals surface area (Å²) < 4.78 is 5.89. The van der Waals surface area contributed by atoms with Gasteiger partial charge < -0.3 is 4.74 Å². The summed E-state index contributed by atoms with van der Waals surface area (Å²) in [7, 11) is -1.71. The van der Waals surface area contributed by atoms with Gasteiger partial charge in [-0.05, 0) is 24.2 Å². The normalized spacial score (nSPS) is 21.4. The number of ether oxygens (including phenoxy) is 1. The molecule has 0 N–H and O–H groups in total. The fourth-order valence-corrected chi connectivity index (χ4v) is 6.10. The highest BCUT2D eigenvalue weighted by Crippen LogP contribution is 2.40. The summed E-state index contributed by atoms with van der Waals surface area (Å²) in [5.41, 5.74) is -0.0519. The fourth-order valence-electron chi connectivity index (χ4n) is 3.63. The maximum Gasteiger partial charge on any atom is 0.306 e. The minimum absolute atomic E-state index is 0.0338. The van der Waals surface area contributed by atoms with Gasteiger partial charge in [0.2, 0.25) is 0 Å². The first kappa shape index (κ1) is 18.4. The zero-order valence-corrected chi connectivity index (χ0v) is 15.7. The summed E-state index contributed by atoms with van der Waals surface area (Å²) in [5.74, 6) is 1.10. The molecule has 0 amide bonds. The molecule has 122 valence electrons. The molecular weight excluding hydrogens is 280 g/mol. The first-order valence-electron chi connectivity index (χ1n) is 8.26. The van der Waals surface area contributed by atoms with Crippen molar-refractivity contribution in [2.45, 2.75) is 78.2 Å². The van der Waals surface area contributed by atoms with E-state index in [1.165, 1.54) is 0 Å². The third kappa shape index (κ3) is 4.94. The van der Waals surface area contributed by atoms with Gasteiger partial charge >= 0.3 is 5.97 Å². The van der Waals surface area contributed by atoms with Crippen molar-refractivity contribution < 1.29 is 14.3 Å². The van der Waals surface area contributed by atoms with E-state index in [4.69, 9.17) is 4.74 Å². The Balaban J connectivity index is 2.88. The van der Waals surface area contributed by atoms with Gasteiger partial charge in [0.05, 0.1) is 13.6 Å². The molecule has 21 heavy (non-hydrogen) atoms. The predicted octanol–water partition coefficient (Wildman–Crippen LogP) is 4.29. The highest BCUT2D eigenvalue weighted by atomic mass is 28.3. The number of ketones is 1. The van der Waals surface area contributed by atoms with Crippen LogP contribution in [-0.2, 0) is 14.3 Å². The Bertz CT molecular complexity index is 374. The highest BCUT2D eigenvalue weighted by Gasteiger charge is 2.44. The summed E-state index contributed by atoms with van der Waals surface area (Å²) >= 11 is 0. The van der Waals surface area contributed by atoms with E-state index in [1.54, 1.807) is 0 Å². The smallest absolute Gasteiger partial charge is 0.306 e. The molecule has 4 heteroatoms. The zero-order valence-electron chi connectivity index (χ0n) is 14.7. The van der Waals surface area contributed by atoms with E-state index in [0.717, 1.165) is 6.42 Å². The van der Waals surface area contributed by atoms with Crippen LogP contribution in [-0.4, -0.2) is 25.9 Å². The van der Waals surface area contributed by atoms with E-state index in [-0.39, 0.29) is 23.5 Å². The van der Waals surface area contributed by atoms with Crippen molar-refractivity contribution in [2.75, 3.05) is 0 Å². The van der Waals surface area contributed by atoms with Crippen LogP contribution in [0, 0.1) is 17.8 Å². The van der Waals surface area contributed by atoms with Gasteiger partial charge in [0.15, 0.2) is 0 Å². The van der Waals surface area contributed by atoms with Crippen LogP contribution >= 0.6 is 0 Å². The molecule has 0 aromatic rings. The van der Waals surface area contributed by atoms with Crippen molar-refractivity contribution in [1.82, 2.24) is 0 Å². The Morgan fingerprint density at radius 3 is 2.00 bits per heavy atom. The van der Waals surface area contributed by atoms with Crippen LogP contribution in [0.1, 0.15) is 47.0 Å². The summed E-state index contributed by atoms with van der Waals surface area (Å²) in [4.78, 5) is 24.4. The number of carbonyl (C=O) groups is 2. The maximum absolute atomic E-state index is 12.8. The van der Waals surface area contributed by atoms with Crippen molar-refractivity contribution in [3.05, 3.63) is 0 Å². The second-order valence-electron chi connectivity index (χ2n) is 8.27. The largest absolute Gasteiger partial charge is 0.462 e. The minimum atomic E-state index is -1.71. The lowest BCUT2D eigenvalue weighted by Crippen LogP contribution is -2.41. The first-order valence-corrected chi connectivity index (χ1v) is 11.8. The molecule has 2 atom stereocenters. The van der Waals surface area contributed by atoms with E-state index in [0.29, 0.717) is 30.5 Å². The monoisotopic (exact) mass is 312 g/mol. The van der Waals surface area contributed by atoms with E-state index in [2.05, 4.69) is 47.3 Å². The molecule has 0 heterocycles. The van der Waals surface area contributed by atoms with Crippen molar-refractivity contribution in [3.8, 4) is 0 Å². The molecule has 1 aliphatic carbocycles. The lowest BCUT2D eigenvalue weighted by atomic mass is 9.96. The molecule has 0 saturated heterocycles. The van der Waals surface area contributed by atoms with Gasteiger partial charge in [-0.1, -0.05) is 47.3 Å². The van der Waals surface area contributed by atoms with Gasteiger partial charge in [0.1, 0.15) is 11.9 Å². The molecule has 3 nitrogen and oxygen atoms in total. The van der Waals surface area contributed by atoms with Gasteiger partial charge in [0, 0.05) is 12.8 Å². The molecular formula is C17H32O3Si. The van der Waals surface area contributed by atoms with E-state index < -0.39 is 8.07 Å². The summed E-state index contributed by atoms with van der Waals surface area (Å²) in [5, 5.41) is 0. The molecule has 0 aromatic carbocycles. The fraction of sp³-hybridized carbons (Fsp3) is 0.882. The van der Waals surface area contributed by atoms with Crippen LogP contribution in [0.2, 0.25) is 25.2 Å². The average Bonchev–Trinajstić information content (AvgIpc) is 2.69. The van der Waals surface area contributed by atoms with Crippen LogP contribution in [0.3, 0.4) is 0 Å². The van der Waals surface area contributed by atoms with Crippen molar-refractivity contribution in [1.29, 1.82) is 0 Å². The van der Waals surface area contributed by atoms with Gasteiger partial charge in [-0.15, -0.1) is 0 Å². The van der Waals surface area contributed by atoms with Crippen molar-refractivity contribution >= 4 is 19.8 Å². The third-order valence-corrected chi connectivity index (χ3v) is 7.08. The topological polar surface area (TPSA) is 43.4 Å². The van der Waals surface area contributed by atoms with E-state index in [9.17, 15) is 9.59 Å². The lowest BCUT2D eigenvalue weighted by molar-refractivity contribution is -0.155. The van der Waals surface area contributed by atoms with E-state index in [1.807, 2.05) is 0 Å². The van der Waals surface area contributed by atoms with Crippen LogP contribution in [0.4, 0.5) is 0 Å². The second kappa shape index (κ2) is 7.08. The molecule has 1 fully saturated rings. The molecule has 0 radical (unpaired) electrons. The van der Waals surface area contributed by atoms with Gasteiger partial charge in [-0.3, -0.25) is 9.59 Å². The molecule has 1 unspecified atom stereocenters. The quantitative estimate of drug-likeness (QED) is 0.543. The summed E-state index contributed by atoms with van der Waals surface area (Å²) in [6, 6.07) is 0. The van der Waals surface area contributed by atoms with Crippen molar-refractivity contribution in [3.63, 3.8) is 0 Å². The Labute approximate surface area is 130 Å². The Hall–Kier alpha value is -0.643. The van der Waals surface area contributed by atoms with Crippen LogP contribution in [0.25, 0.3) is 0 Å². The van der Waals surface area contributed by atoms with E-state index >= 15 is 0 Å². The average molecular weight is 313 g/mol. The standard InChI is InChI=1S/C17H32O3Si/c1-11(2)15(12(3)4)20-17(19)16(21(5,6)7)13-8-9-14(18)10-13/h11-13,15-16H,8-10H2,1-7H3/t13-,16?/m1/s1. The molecule has 1 aliphatic rings. The predicted molar refractivity (Wildman–Crippen MR) is 89.0 cm³/mol. The number of hydrogen-bond acceptors (Lipinski definition) is 3. The Morgan fingerprint density at radius 1 is 1.14 bits per heavy atom. The molecule has 1 rings (SSSR count).